The van der Waals surface area contributed by atoms with Crippen molar-refractivity contribution in [3.05, 3.63) is 37.2 Å². The highest BCUT2D eigenvalue weighted by atomic mass is 79.9. The van der Waals surface area contributed by atoms with E-state index in [1.807, 2.05) is 23.2 Å². The Morgan fingerprint density at radius 1 is 1.63 bits per heavy atom. The highest BCUT2D eigenvalue weighted by Gasteiger charge is 2.20. The Bertz CT molecular complexity index is 566. The molecule has 0 amide bonds. The molecule has 0 saturated heterocycles. The third kappa shape index (κ3) is 3.03. The summed E-state index contributed by atoms with van der Waals surface area (Å²) in [5, 5.41) is 7.21. The number of hydrogen-bond donors (Lipinski definition) is 2. The van der Waals surface area contributed by atoms with Crippen LogP contribution < -0.4 is 11.3 Å². The Kier molecular flexibility index (Phi) is 5.03. The van der Waals surface area contributed by atoms with Crippen LogP contribution in [0.5, 0.6) is 0 Å². The summed E-state index contributed by atoms with van der Waals surface area (Å²) in [6.45, 7) is 2.09. The average molecular weight is 364 g/mol. The second kappa shape index (κ2) is 6.37. The molecule has 0 aliphatic heterocycles. The van der Waals surface area contributed by atoms with E-state index in [1.54, 1.807) is 11.3 Å². The van der Waals surface area contributed by atoms with Gasteiger partial charge >= 0.3 is 0 Å². The number of aromatic nitrogens is 2. The van der Waals surface area contributed by atoms with E-state index in [4.69, 9.17) is 17.4 Å². The molecule has 1 atom stereocenters. The van der Waals surface area contributed by atoms with Gasteiger partial charge in [0, 0.05) is 18.3 Å². The van der Waals surface area contributed by atoms with Crippen LogP contribution in [0.2, 0.25) is 5.02 Å². The molecule has 1 unspecified atom stereocenters. The maximum atomic E-state index is 6.17. The van der Waals surface area contributed by atoms with Crippen LogP contribution >= 0.6 is 38.9 Å². The second-order valence-electron chi connectivity index (χ2n) is 4.24. The average Bonchev–Trinajstić information content (AvgIpc) is 2.93. The zero-order valence-electron chi connectivity index (χ0n) is 10.8. The Hall–Kier alpha value is -0.400. The third-order valence-electron chi connectivity index (χ3n) is 3.06. The molecule has 19 heavy (non-hydrogen) atoms. The minimum absolute atomic E-state index is 0.0103. The summed E-state index contributed by atoms with van der Waals surface area (Å²) in [6, 6.07) is 1.88. The molecule has 2 aromatic rings. The number of halogens is 2. The van der Waals surface area contributed by atoms with Crippen molar-refractivity contribution in [1.29, 1.82) is 0 Å². The summed E-state index contributed by atoms with van der Waals surface area (Å²) in [6.07, 6.45) is 1.63. The van der Waals surface area contributed by atoms with Crippen molar-refractivity contribution in [3.63, 3.8) is 0 Å². The molecular weight excluding hydrogens is 348 g/mol. The summed E-state index contributed by atoms with van der Waals surface area (Å²) in [5.41, 5.74) is 5.02. The fourth-order valence-electron chi connectivity index (χ4n) is 2.02. The molecule has 0 fully saturated rings. The third-order valence-corrected chi connectivity index (χ3v) is 5.45. The van der Waals surface area contributed by atoms with E-state index in [9.17, 15) is 0 Å². The lowest BCUT2D eigenvalue weighted by atomic mass is 10.1. The monoisotopic (exact) mass is 362 g/mol. The van der Waals surface area contributed by atoms with Gasteiger partial charge in [-0.2, -0.15) is 5.10 Å². The van der Waals surface area contributed by atoms with Gasteiger partial charge in [0.15, 0.2) is 0 Å². The molecule has 0 spiro atoms. The van der Waals surface area contributed by atoms with Gasteiger partial charge in [-0.25, -0.2) is 0 Å². The quantitative estimate of drug-likeness (QED) is 0.633. The lowest BCUT2D eigenvalue weighted by Crippen LogP contribution is -2.29. The standard InChI is InChI=1S/C12H16BrClN4S/c1-3-8-11(13)10(18(2)17-8)6-9(16-15)12-7(14)4-5-19-12/h4-5,9,16H,3,6,15H2,1-2H3. The van der Waals surface area contributed by atoms with Crippen LogP contribution in [0.4, 0.5) is 0 Å². The normalized spacial score (nSPS) is 12.9. The zero-order chi connectivity index (χ0) is 14.0. The molecule has 0 radical (unpaired) electrons. The lowest BCUT2D eigenvalue weighted by Gasteiger charge is -2.15. The number of nitrogens with zero attached hydrogens (tertiary/aromatic N) is 2. The van der Waals surface area contributed by atoms with Crippen molar-refractivity contribution >= 4 is 38.9 Å². The van der Waals surface area contributed by atoms with Crippen molar-refractivity contribution in [2.45, 2.75) is 25.8 Å². The fraction of sp³-hybridized carbons (Fsp3) is 0.417. The molecule has 7 heteroatoms. The molecule has 2 heterocycles. The summed E-state index contributed by atoms with van der Waals surface area (Å²) < 4.78 is 2.96. The Morgan fingerprint density at radius 2 is 2.37 bits per heavy atom. The van der Waals surface area contributed by atoms with Crippen LogP contribution in [-0.4, -0.2) is 9.78 Å². The zero-order valence-corrected chi connectivity index (χ0v) is 13.9. The first kappa shape index (κ1) is 15.0. The van der Waals surface area contributed by atoms with Crippen molar-refractivity contribution in [1.82, 2.24) is 15.2 Å². The number of hydrazine groups is 1. The van der Waals surface area contributed by atoms with E-state index in [2.05, 4.69) is 33.4 Å². The van der Waals surface area contributed by atoms with Gasteiger partial charge in [0.2, 0.25) is 0 Å². The number of aryl methyl sites for hydroxylation is 2. The SMILES string of the molecule is CCc1nn(C)c(CC(NN)c2sccc2Cl)c1Br. The van der Waals surface area contributed by atoms with E-state index in [0.717, 1.165) is 38.6 Å². The van der Waals surface area contributed by atoms with Crippen molar-refractivity contribution in [3.8, 4) is 0 Å². The van der Waals surface area contributed by atoms with Gasteiger partial charge in [-0.1, -0.05) is 18.5 Å². The van der Waals surface area contributed by atoms with E-state index >= 15 is 0 Å². The smallest absolute Gasteiger partial charge is 0.0766 e. The first-order chi connectivity index (χ1) is 9.08. The number of nitrogens with one attached hydrogen (secondary N) is 1. The highest BCUT2D eigenvalue weighted by molar-refractivity contribution is 9.10. The summed E-state index contributed by atoms with van der Waals surface area (Å²) in [5.74, 6) is 5.67. The molecular formula is C12H16BrClN4S. The largest absolute Gasteiger partial charge is 0.271 e. The van der Waals surface area contributed by atoms with Gasteiger partial charge in [-0.3, -0.25) is 16.0 Å². The highest BCUT2D eigenvalue weighted by Crippen LogP contribution is 2.32. The van der Waals surface area contributed by atoms with E-state index in [0.29, 0.717) is 0 Å². The van der Waals surface area contributed by atoms with Gasteiger partial charge in [0.1, 0.15) is 0 Å². The molecule has 0 aromatic carbocycles. The topological polar surface area (TPSA) is 55.9 Å². The van der Waals surface area contributed by atoms with Gasteiger partial charge in [0.05, 0.1) is 26.9 Å². The van der Waals surface area contributed by atoms with Gasteiger partial charge in [-0.05, 0) is 33.8 Å². The molecule has 104 valence electrons. The van der Waals surface area contributed by atoms with Crippen LogP contribution in [0.15, 0.2) is 15.9 Å². The molecule has 0 aliphatic rings. The number of thiophene rings is 1. The van der Waals surface area contributed by atoms with E-state index < -0.39 is 0 Å². The van der Waals surface area contributed by atoms with Gasteiger partial charge in [0.25, 0.3) is 0 Å². The maximum Gasteiger partial charge on any atom is 0.0766 e. The van der Waals surface area contributed by atoms with Crippen LogP contribution in [-0.2, 0) is 19.9 Å². The van der Waals surface area contributed by atoms with Crippen molar-refractivity contribution in [2.75, 3.05) is 0 Å². The Morgan fingerprint density at radius 3 is 2.84 bits per heavy atom. The molecule has 4 nitrogen and oxygen atoms in total. The van der Waals surface area contributed by atoms with Gasteiger partial charge < -0.3 is 0 Å². The first-order valence-electron chi connectivity index (χ1n) is 5.97. The molecule has 3 N–H and O–H groups in total. The summed E-state index contributed by atoms with van der Waals surface area (Å²) in [4.78, 5) is 1.05. The summed E-state index contributed by atoms with van der Waals surface area (Å²) in [7, 11) is 1.95. The fourth-order valence-corrected chi connectivity index (χ4v) is 4.04. The lowest BCUT2D eigenvalue weighted by molar-refractivity contribution is 0.536. The molecule has 0 bridgehead atoms. The van der Waals surface area contributed by atoms with E-state index in [-0.39, 0.29) is 6.04 Å². The van der Waals surface area contributed by atoms with Crippen molar-refractivity contribution < 1.29 is 0 Å². The number of rotatable bonds is 5. The predicted octanol–water partition coefficient (Wildman–Crippen LogP) is 3.21. The first-order valence-corrected chi connectivity index (χ1v) is 8.02. The van der Waals surface area contributed by atoms with E-state index in [1.165, 1.54) is 0 Å². The number of hydrogen-bond acceptors (Lipinski definition) is 4. The Balaban J connectivity index is 2.29. The molecule has 2 rings (SSSR count). The predicted molar refractivity (Wildman–Crippen MR) is 83.4 cm³/mol. The molecule has 0 aliphatic carbocycles. The van der Waals surface area contributed by atoms with Crippen LogP contribution in [0, 0.1) is 0 Å². The molecule has 0 saturated carbocycles. The van der Waals surface area contributed by atoms with Crippen LogP contribution in [0.1, 0.15) is 29.2 Å². The molecule has 2 aromatic heterocycles. The van der Waals surface area contributed by atoms with Crippen LogP contribution in [0.25, 0.3) is 0 Å². The van der Waals surface area contributed by atoms with Crippen LogP contribution in [0.3, 0.4) is 0 Å². The number of nitrogens with two attached hydrogens (primary N) is 1. The minimum atomic E-state index is -0.0103. The second-order valence-corrected chi connectivity index (χ2v) is 6.39. The Labute approximate surface area is 130 Å². The minimum Gasteiger partial charge on any atom is -0.271 e. The maximum absolute atomic E-state index is 6.17. The van der Waals surface area contributed by atoms with Crippen molar-refractivity contribution in [2.24, 2.45) is 12.9 Å². The summed E-state index contributed by atoms with van der Waals surface area (Å²) >= 11 is 11.4. The van der Waals surface area contributed by atoms with Gasteiger partial charge in [-0.15, -0.1) is 11.3 Å².